The number of rotatable bonds is 4. The zero-order valence-corrected chi connectivity index (χ0v) is 15.2. The number of carbonyl (C=O) groups excluding carboxylic acids is 1. The fraction of sp³-hybridized carbons (Fsp3) is 0.300. The first-order valence-corrected chi connectivity index (χ1v) is 8.22. The van der Waals surface area contributed by atoms with Gasteiger partial charge in [0.15, 0.2) is 0 Å². The number of aromatic amines is 1. The second kappa shape index (κ2) is 8.44. The number of pyridine rings is 1. The van der Waals surface area contributed by atoms with Gasteiger partial charge in [-0.15, -0.1) is 0 Å². The van der Waals surface area contributed by atoms with Crippen LogP contribution in [0.4, 0.5) is 0 Å². The summed E-state index contributed by atoms with van der Waals surface area (Å²) in [5.74, 6) is 0. The Balaban J connectivity index is 0.000000277. The van der Waals surface area contributed by atoms with E-state index >= 15 is 0 Å². The van der Waals surface area contributed by atoms with E-state index in [1.54, 1.807) is 0 Å². The normalized spacial score (nSPS) is 10.9. The summed E-state index contributed by atoms with van der Waals surface area (Å²) in [6, 6.07) is 12.8. The zero-order valence-electron chi connectivity index (χ0n) is 15.2. The van der Waals surface area contributed by atoms with Gasteiger partial charge in [0, 0.05) is 24.3 Å². The van der Waals surface area contributed by atoms with Gasteiger partial charge in [-0.05, 0) is 56.6 Å². The number of nitrogens with zero attached hydrogens (tertiary/aromatic N) is 1. The van der Waals surface area contributed by atoms with E-state index in [1.165, 1.54) is 22.1 Å². The fourth-order valence-corrected chi connectivity index (χ4v) is 2.36. The average molecular weight is 339 g/mol. The Morgan fingerprint density at radius 2 is 1.88 bits per heavy atom. The van der Waals surface area contributed by atoms with Crippen molar-refractivity contribution in [2.24, 2.45) is 0 Å². The molecule has 0 amide bonds. The zero-order chi connectivity index (χ0) is 18.3. The van der Waals surface area contributed by atoms with E-state index in [0.717, 1.165) is 12.2 Å². The van der Waals surface area contributed by atoms with Crippen molar-refractivity contribution in [3.63, 3.8) is 0 Å². The molecule has 0 saturated heterocycles. The van der Waals surface area contributed by atoms with Gasteiger partial charge in [0.1, 0.15) is 11.2 Å². The Kier molecular flexibility index (Phi) is 6.31. The van der Waals surface area contributed by atoms with Crippen LogP contribution in [0, 0.1) is 0 Å². The Labute approximate surface area is 148 Å². The maximum atomic E-state index is 9.60. The minimum Gasteiger partial charge on any atom is -0.462 e. The van der Waals surface area contributed by atoms with Crippen molar-refractivity contribution in [1.82, 2.24) is 15.3 Å². The van der Waals surface area contributed by atoms with Gasteiger partial charge in [-0.25, -0.2) is 4.98 Å². The number of fused-ring (bicyclic) bond motifs is 1. The van der Waals surface area contributed by atoms with Crippen LogP contribution >= 0.6 is 0 Å². The molecule has 0 aliphatic heterocycles. The van der Waals surface area contributed by atoms with Crippen molar-refractivity contribution in [3.05, 3.63) is 54.4 Å². The molecular formula is C20H25N3O2. The maximum absolute atomic E-state index is 9.60. The molecule has 0 aliphatic carbocycles. The lowest BCUT2D eigenvalue weighted by molar-refractivity contribution is -0.138. The first kappa shape index (κ1) is 18.7. The summed E-state index contributed by atoms with van der Waals surface area (Å²) in [5.41, 5.74) is 4.36. The summed E-state index contributed by atoms with van der Waals surface area (Å²) in [6.45, 7) is 6.82. The lowest BCUT2D eigenvalue weighted by atomic mass is 10.0. The van der Waals surface area contributed by atoms with Gasteiger partial charge in [0.05, 0.1) is 0 Å². The number of aromatic nitrogens is 2. The lowest BCUT2D eigenvalue weighted by Gasteiger charge is -2.14. The Bertz CT molecular complexity index is 802. The largest absolute Gasteiger partial charge is 0.462 e. The van der Waals surface area contributed by atoms with Crippen LogP contribution in [0.5, 0.6) is 0 Å². The van der Waals surface area contributed by atoms with Crippen LogP contribution in [0.2, 0.25) is 0 Å². The van der Waals surface area contributed by atoms with Crippen LogP contribution in [-0.4, -0.2) is 29.1 Å². The average Bonchev–Trinajstić information content (AvgIpc) is 3.04. The van der Waals surface area contributed by atoms with Gasteiger partial charge in [0.25, 0.3) is 6.47 Å². The summed E-state index contributed by atoms with van der Waals surface area (Å²) in [5, 5.41) is 4.32. The minimum atomic E-state index is -0.318. The quantitative estimate of drug-likeness (QED) is 0.707. The van der Waals surface area contributed by atoms with Crippen molar-refractivity contribution >= 4 is 17.5 Å². The number of ether oxygens (including phenoxy) is 1. The molecule has 132 valence electrons. The molecule has 2 heterocycles. The molecule has 0 unspecified atom stereocenters. The number of H-pyrrole nitrogens is 1. The van der Waals surface area contributed by atoms with Gasteiger partial charge in [0.2, 0.25) is 0 Å². The summed E-state index contributed by atoms with van der Waals surface area (Å²) < 4.78 is 4.55. The van der Waals surface area contributed by atoms with E-state index in [0.29, 0.717) is 6.47 Å². The molecule has 5 nitrogen and oxygen atoms in total. The predicted octanol–water partition coefficient (Wildman–Crippen LogP) is 3.91. The molecule has 3 aromatic rings. The number of hydrogen-bond donors (Lipinski definition) is 2. The van der Waals surface area contributed by atoms with Crippen molar-refractivity contribution in [2.75, 3.05) is 7.05 Å². The van der Waals surface area contributed by atoms with E-state index in [2.05, 4.69) is 56.4 Å². The molecular weight excluding hydrogens is 314 g/mol. The minimum absolute atomic E-state index is 0.318. The van der Waals surface area contributed by atoms with Gasteiger partial charge in [-0.1, -0.05) is 24.3 Å². The van der Waals surface area contributed by atoms with Crippen LogP contribution < -0.4 is 5.32 Å². The topological polar surface area (TPSA) is 67.0 Å². The molecule has 1 aromatic carbocycles. The van der Waals surface area contributed by atoms with E-state index in [9.17, 15) is 4.79 Å². The second-order valence-electron chi connectivity index (χ2n) is 6.65. The molecule has 0 bridgehead atoms. The summed E-state index contributed by atoms with van der Waals surface area (Å²) in [7, 11) is 1.96. The van der Waals surface area contributed by atoms with E-state index in [-0.39, 0.29) is 5.60 Å². The van der Waals surface area contributed by atoms with Gasteiger partial charge in [-0.2, -0.15) is 0 Å². The smallest absolute Gasteiger partial charge is 0.293 e. The Hall–Kier alpha value is -2.66. The predicted molar refractivity (Wildman–Crippen MR) is 101 cm³/mol. The number of carbonyl (C=O) groups is 1. The van der Waals surface area contributed by atoms with Gasteiger partial charge in [-0.3, -0.25) is 4.79 Å². The highest BCUT2D eigenvalue weighted by molar-refractivity contribution is 5.92. The van der Waals surface area contributed by atoms with Gasteiger partial charge < -0.3 is 15.0 Å². The second-order valence-corrected chi connectivity index (χ2v) is 6.65. The molecule has 0 atom stereocenters. The fourth-order valence-electron chi connectivity index (χ4n) is 2.36. The van der Waals surface area contributed by atoms with Crippen LogP contribution in [0.1, 0.15) is 26.3 Å². The van der Waals surface area contributed by atoms with Crippen molar-refractivity contribution in [1.29, 1.82) is 0 Å². The highest BCUT2D eigenvalue weighted by Gasteiger charge is 2.07. The Morgan fingerprint density at radius 1 is 1.16 bits per heavy atom. The third-order valence-corrected chi connectivity index (χ3v) is 3.51. The molecule has 2 aromatic heterocycles. The first-order chi connectivity index (χ1) is 11.9. The third kappa shape index (κ3) is 5.43. The highest BCUT2D eigenvalue weighted by Crippen LogP contribution is 2.26. The molecule has 0 fully saturated rings. The van der Waals surface area contributed by atoms with Crippen LogP contribution in [0.3, 0.4) is 0 Å². The standard InChI is InChI=1S/C15H15N3.C5H10O2/c1-16-10-11-2-4-12(5-3-11)13-6-8-17-15-14(13)7-9-18-15;1-5(2,3)7-4-6/h2-9,16H,10H2,1H3,(H,17,18);4H,1-3H3. The van der Waals surface area contributed by atoms with Crippen molar-refractivity contribution < 1.29 is 9.53 Å². The lowest BCUT2D eigenvalue weighted by Crippen LogP contribution is -2.17. The van der Waals surface area contributed by atoms with Gasteiger partial charge >= 0.3 is 0 Å². The van der Waals surface area contributed by atoms with Crippen molar-refractivity contribution in [2.45, 2.75) is 32.9 Å². The SMILES string of the molecule is CC(C)(C)OC=O.CNCc1ccc(-c2ccnc3[nH]ccc23)cc1. The third-order valence-electron chi connectivity index (χ3n) is 3.51. The summed E-state index contributed by atoms with van der Waals surface area (Å²) >= 11 is 0. The van der Waals surface area contributed by atoms with Crippen LogP contribution in [0.25, 0.3) is 22.2 Å². The van der Waals surface area contributed by atoms with E-state index in [1.807, 2.05) is 40.2 Å². The first-order valence-electron chi connectivity index (χ1n) is 8.22. The highest BCUT2D eigenvalue weighted by atomic mass is 16.5. The molecule has 0 aliphatic rings. The molecule has 0 spiro atoms. The molecule has 0 saturated carbocycles. The van der Waals surface area contributed by atoms with Crippen LogP contribution in [0.15, 0.2) is 48.8 Å². The molecule has 2 N–H and O–H groups in total. The number of benzene rings is 1. The molecule has 5 heteroatoms. The van der Waals surface area contributed by atoms with E-state index < -0.39 is 0 Å². The monoisotopic (exact) mass is 339 g/mol. The Morgan fingerprint density at radius 3 is 2.44 bits per heavy atom. The number of hydrogen-bond acceptors (Lipinski definition) is 4. The molecule has 3 rings (SSSR count). The number of nitrogens with one attached hydrogen (secondary N) is 2. The van der Waals surface area contributed by atoms with E-state index in [4.69, 9.17) is 0 Å². The molecule has 25 heavy (non-hydrogen) atoms. The molecule has 0 radical (unpaired) electrons. The summed E-state index contributed by atoms with van der Waals surface area (Å²) in [4.78, 5) is 17.0. The van der Waals surface area contributed by atoms with Crippen LogP contribution in [-0.2, 0) is 16.1 Å². The maximum Gasteiger partial charge on any atom is 0.293 e. The van der Waals surface area contributed by atoms with Crippen molar-refractivity contribution in [3.8, 4) is 11.1 Å². The summed E-state index contributed by atoms with van der Waals surface area (Å²) in [6.07, 6.45) is 3.77.